The maximum absolute atomic E-state index is 12.8. The zero-order valence-corrected chi connectivity index (χ0v) is 18.5. The van der Waals surface area contributed by atoms with E-state index in [1.165, 1.54) is 19.1 Å². The van der Waals surface area contributed by atoms with Crippen LogP contribution >= 0.6 is 15.9 Å². The van der Waals surface area contributed by atoms with Crippen LogP contribution in [0.5, 0.6) is 0 Å². The minimum atomic E-state index is -3.66. The number of hydrogen-bond acceptors (Lipinski definition) is 4. The van der Waals surface area contributed by atoms with Gasteiger partial charge in [0.25, 0.3) is 5.91 Å². The Kier molecular flexibility index (Phi) is 6.40. The summed E-state index contributed by atoms with van der Waals surface area (Å²) in [5.74, 6) is -0.487. The lowest BCUT2D eigenvalue weighted by Crippen LogP contribution is -2.26. The van der Waals surface area contributed by atoms with E-state index < -0.39 is 15.9 Å². The first-order valence-corrected chi connectivity index (χ1v) is 11.4. The third-order valence-electron chi connectivity index (χ3n) is 4.53. The van der Waals surface area contributed by atoms with E-state index in [1.807, 2.05) is 6.07 Å². The monoisotopic (exact) mass is 479 g/mol. The maximum atomic E-state index is 12.8. The number of nitrogens with zero attached hydrogens (tertiary/aromatic N) is 1. The smallest absolute Gasteiger partial charge is 0.256 e. The SMILES string of the molecule is CC(=O)N(C)Cc1cccc(NC(=O)c2cc(S(=O)(=O)NC3CC3)ccc2Br)c1. The van der Waals surface area contributed by atoms with Gasteiger partial charge in [-0.05, 0) is 64.7 Å². The molecule has 0 aromatic heterocycles. The summed E-state index contributed by atoms with van der Waals surface area (Å²) in [6.45, 7) is 1.91. The molecule has 2 amide bonds. The molecule has 3 rings (SSSR count). The fourth-order valence-electron chi connectivity index (χ4n) is 2.67. The standard InChI is InChI=1S/C20H22BrN3O4S/c1-13(25)24(2)12-14-4-3-5-16(10-14)22-20(26)18-11-17(8-9-19(18)21)29(27,28)23-15-6-7-15/h3-5,8-11,15,23H,6-7,12H2,1-2H3,(H,22,26). The number of anilines is 1. The number of sulfonamides is 1. The predicted molar refractivity (Wildman–Crippen MR) is 114 cm³/mol. The number of benzene rings is 2. The summed E-state index contributed by atoms with van der Waals surface area (Å²) in [6, 6.07) is 11.5. The van der Waals surface area contributed by atoms with Crippen LogP contribution in [0.1, 0.15) is 35.7 Å². The van der Waals surface area contributed by atoms with Crippen molar-refractivity contribution in [2.45, 2.75) is 37.2 Å². The van der Waals surface area contributed by atoms with Gasteiger partial charge in [-0.15, -0.1) is 0 Å². The van der Waals surface area contributed by atoms with Crippen molar-refractivity contribution < 1.29 is 18.0 Å². The van der Waals surface area contributed by atoms with Crippen LogP contribution in [0.15, 0.2) is 51.8 Å². The molecular formula is C20H22BrN3O4S. The number of carbonyl (C=O) groups excluding carboxylic acids is 2. The second-order valence-electron chi connectivity index (χ2n) is 7.07. The summed E-state index contributed by atoms with van der Waals surface area (Å²) in [5, 5.41) is 2.79. The molecule has 0 radical (unpaired) electrons. The second kappa shape index (κ2) is 8.64. The molecule has 1 saturated carbocycles. The van der Waals surface area contributed by atoms with Gasteiger partial charge < -0.3 is 10.2 Å². The molecule has 2 N–H and O–H groups in total. The van der Waals surface area contributed by atoms with Crippen molar-refractivity contribution in [1.29, 1.82) is 0 Å². The molecule has 1 aliphatic rings. The summed E-state index contributed by atoms with van der Waals surface area (Å²) in [7, 11) is -1.96. The van der Waals surface area contributed by atoms with Gasteiger partial charge in [0, 0.05) is 36.7 Å². The Bertz CT molecular complexity index is 1050. The fourth-order valence-corrected chi connectivity index (χ4v) is 4.42. The third kappa shape index (κ3) is 5.65. The molecule has 2 aromatic rings. The van der Waals surface area contributed by atoms with E-state index in [-0.39, 0.29) is 22.4 Å². The minimum absolute atomic E-state index is 0.0169. The van der Waals surface area contributed by atoms with Crippen molar-refractivity contribution in [2.75, 3.05) is 12.4 Å². The summed E-state index contributed by atoms with van der Waals surface area (Å²) in [5.41, 5.74) is 1.64. The molecule has 0 atom stereocenters. The van der Waals surface area contributed by atoms with Gasteiger partial charge in [-0.3, -0.25) is 9.59 Å². The lowest BCUT2D eigenvalue weighted by molar-refractivity contribution is -0.128. The van der Waals surface area contributed by atoms with Gasteiger partial charge in [-0.25, -0.2) is 13.1 Å². The number of hydrogen-bond donors (Lipinski definition) is 2. The van der Waals surface area contributed by atoms with E-state index in [1.54, 1.807) is 36.2 Å². The summed E-state index contributed by atoms with van der Waals surface area (Å²) in [6.07, 6.45) is 1.66. The number of halogens is 1. The van der Waals surface area contributed by atoms with Gasteiger partial charge in [0.1, 0.15) is 0 Å². The molecule has 0 saturated heterocycles. The van der Waals surface area contributed by atoms with Gasteiger partial charge in [-0.2, -0.15) is 0 Å². The van der Waals surface area contributed by atoms with Crippen molar-refractivity contribution in [3.8, 4) is 0 Å². The first-order valence-electron chi connectivity index (χ1n) is 9.09. The number of nitrogens with one attached hydrogen (secondary N) is 2. The molecule has 9 heteroatoms. The largest absolute Gasteiger partial charge is 0.342 e. The van der Waals surface area contributed by atoms with Crippen molar-refractivity contribution >= 4 is 43.5 Å². The zero-order chi connectivity index (χ0) is 21.2. The molecule has 0 bridgehead atoms. The lowest BCUT2D eigenvalue weighted by Gasteiger charge is -2.15. The van der Waals surface area contributed by atoms with Crippen LogP contribution in [0.4, 0.5) is 5.69 Å². The topological polar surface area (TPSA) is 95.6 Å². The third-order valence-corrected chi connectivity index (χ3v) is 6.74. The second-order valence-corrected chi connectivity index (χ2v) is 9.64. The molecule has 1 fully saturated rings. The molecule has 0 aliphatic heterocycles. The predicted octanol–water partition coefficient (Wildman–Crippen LogP) is 3.12. The number of carbonyl (C=O) groups is 2. The average Bonchev–Trinajstić information content (AvgIpc) is 3.45. The van der Waals surface area contributed by atoms with E-state index in [9.17, 15) is 18.0 Å². The van der Waals surface area contributed by atoms with Crippen LogP contribution in [0.25, 0.3) is 0 Å². The fraction of sp³-hybridized carbons (Fsp3) is 0.300. The highest BCUT2D eigenvalue weighted by Crippen LogP contribution is 2.26. The molecular weight excluding hydrogens is 458 g/mol. The van der Waals surface area contributed by atoms with Crippen molar-refractivity contribution in [3.05, 3.63) is 58.1 Å². The molecule has 29 heavy (non-hydrogen) atoms. The molecule has 2 aromatic carbocycles. The molecule has 0 heterocycles. The van der Waals surface area contributed by atoms with Gasteiger partial charge >= 0.3 is 0 Å². The Labute approximate surface area is 178 Å². The quantitative estimate of drug-likeness (QED) is 0.637. The normalized spacial score (nSPS) is 13.8. The van der Waals surface area contributed by atoms with Gasteiger partial charge in [0.2, 0.25) is 15.9 Å². The summed E-state index contributed by atoms with van der Waals surface area (Å²) >= 11 is 3.32. The van der Waals surface area contributed by atoms with E-state index in [0.717, 1.165) is 18.4 Å². The van der Waals surface area contributed by atoms with Crippen LogP contribution in [0, 0.1) is 0 Å². The van der Waals surface area contributed by atoms with Crippen LogP contribution in [-0.2, 0) is 21.4 Å². The van der Waals surface area contributed by atoms with Crippen molar-refractivity contribution in [1.82, 2.24) is 9.62 Å². The van der Waals surface area contributed by atoms with Crippen molar-refractivity contribution in [3.63, 3.8) is 0 Å². The average molecular weight is 480 g/mol. The highest BCUT2D eigenvalue weighted by molar-refractivity contribution is 9.10. The molecule has 1 aliphatic carbocycles. The lowest BCUT2D eigenvalue weighted by atomic mass is 10.1. The Morgan fingerprint density at radius 3 is 2.55 bits per heavy atom. The van der Waals surface area contributed by atoms with Gasteiger partial charge in [0.05, 0.1) is 10.5 Å². The Morgan fingerprint density at radius 2 is 1.90 bits per heavy atom. The van der Waals surface area contributed by atoms with Gasteiger partial charge in [-0.1, -0.05) is 12.1 Å². The van der Waals surface area contributed by atoms with Crippen LogP contribution in [0.2, 0.25) is 0 Å². The van der Waals surface area contributed by atoms with E-state index in [2.05, 4.69) is 26.0 Å². The Balaban J connectivity index is 1.78. The number of amides is 2. The highest BCUT2D eigenvalue weighted by Gasteiger charge is 2.28. The summed E-state index contributed by atoms with van der Waals surface area (Å²) in [4.78, 5) is 25.8. The first kappa shape index (κ1) is 21.5. The van der Waals surface area contributed by atoms with Crippen molar-refractivity contribution in [2.24, 2.45) is 0 Å². The van der Waals surface area contributed by atoms with Crippen LogP contribution < -0.4 is 10.0 Å². The van der Waals surface area contributed by atoms with E-state index in [0.29, 0.717) is 16.7 Å². The molecule has 7 nitrogen and oxygen atoms in total. The highest BCUT2D eigenvalue weighted by atomic mass is 79.9. The first-order chi connectivity index (χ1) is 13.7. The molecule has 154 valence electrons. The van der Waals surface area contributed by atoms with E-state index in [4.69, 9.17) is 0 Å². The van der Waals surface area contributed by atoms with E-state index >= 15 is 0 Å². The Hall–Kier alpha value is -2.23. The minimum Gasteiger partial charge on any atom is -0.342 e. The maximum Gasteiger partial charge on any atom is 0.256 e. The number of rotatable bonds is 7. The van der Waals surface area contributed by atoms with Crippen LogP contribution in [0.3, 0.4) is 0 Å². The Morgan fingerprint density at radius 1 is 1.17 bits per heavy atom. The van der Waals surface area contributed by atoms with Crippen LogP contribution in [-0.4, -0.2) is 38.2 Å². The molecule has 0 spiro atoms. The van der Waals surface area contributed by atoms with Gasteiger partial charge in [0.15, 0.2) is 0 Å². The summed E-state index contributed by atoms with van der Waals surface area (Å²) < 4.78 is 28.0. The zero-order valence-electron chi connectivity index (χ0n) is 16.1. The molecule has 0 unspecified atom stereocenters.